The maximum Gasteiger partial charge on any atom is 0.118 e. The summed E-state index contributed by atoms with van der Waals surface area (Å²) in [4.78, 5) is 0. The fourth-order valence-corrected chi connectivity index (χ4v) is 3.39. The molecule has 1 fully saturated rings. The molecule has 0 aromatic heterocycles. The lowest BCUT2D eigenvalue weighted by atomic mass is 9.87. The van der Waals surface area contributed by atoms with Crippen LogP contribution in [-0.4, -0.2) is 32.4 Å². The molecule has 2 rings (SSSR count). The molecule has 0 amide bonds. The van der Waals surface area contributed by atoms with Crippen molar-refractivity contribution in [2.75, 3.05) is 20.3 Å². The molecule has 3 nitrogen and oxygen atoms in total. The van der Waals surface area contributed by atoms with Crippen molar-refractivity contribution >= 4 is 0 Å². The Morgan fingerprint density at radius 3 is 2.67 bits per heavy atom. The van der Waals surface area contributed by atoms with Gasteiger partial charge in [-0.2, -0.15) is 0 Å². The molecule has 21 heavy (non-hydrogen) atoms. The monoisotopic (exact) mass is 291 g/mol. The molecule has 1 aliphatic rings. The van der Waals surface area contributed by atoms with Crippen molar-refractivity contribution in [3.63, 3.8) is 0 Å². The summed E-state index contributed by atoms with van der Waals surface area (Å²) in [6.45, 7) is 6.38. The maximum absolute atomic E-state index is 5.87. The number of benzene rings is 1. The van der Waals surface area contributed by atoms with E-state index in [0.29, 0.717) is 18.1 Å². The summed E-state index contributed by atoms with van der Waals surface area (Å²) in [6.07, 6.45) is 5.03. The predicted molar refractivity (Wildman–Crippen MR) is 86.9 cm³/mol. The van der Waals surface area contributed by atoms with Gasteiger partial charge in [0.2, 0.25) is 0 Å². The van der Waals surface area contributed by atoms with Crippen LogP contribution in [0, 0.1) is 5.92 Å². The van der Waals surface area contributed by atoms with E-state index in [1.807, 2.05) is 12.1 Å². The van der Waals surface area contributed by atoms with E-state index in [1.54, 1.807) is 7.11 Å². The number of ether oxygens (including phenoxy) is 2. The Kier molecular flexibility index (Phi) is 6.52. The zero-order chi connectivity index (χ0) is 15.1. The van der Waals surface area contributed by atoms with Gasteiger partial charge in [0.05, 0.1) is 13.2 Å². The van der Waals surface area contributed by atoms with E-state index in [9.17, 15) is 0 Å². The lowest BCUT2D eigenvalue weighted by Crippen LogP contribution is -2.40. The number of hydrogen-bond acceptors (Lipinski definition) is 3. The van der Waals surface area contributed by atoms with Crippen LogP contribution in [0.5, 0.6) is 5.75 Å². The standard InChI is InChI=1S/C18H29NO2/c1-4-18-16(12-13-21-18)17(19-5-2)11-8-14-6-9-15(20-3)10-7-14/h6-7,9-10,16-19H,4-5,8,11-13H2,1-3H3. The second-order valence-corrected chi connectivity index (χ2v) is 5.82. The predicted octanol–water partition coefficient (Wildman–Crippen LogP) is 3.42. The van der Waals surface area contributed by atoms with Crippen LogP contribution in [-0.2, 0) is 11.2 Å². The molecule has 0 aliphatic carbocycles. The number of methoxy groups -OCH3 is 1. The molecule has 1 aromatic carbocycles. The van der Waals surface area contributed by atoms with E-state index in [0.717, 1.165) is 31.7 Å². The van der Waals surface area contributed by atoms with E-state index in [4.69, 9.17) is 9.47 Å². The molecule has 1 heterocycles. The molecule has 0 saturated carbocycles. The van der Waals surface area contributed by atoms with Gasteiger partial charge in [0.25, 0.3) is 0 Å². The first kappa shape index (κ1) is 16.3. The maximum atomic E-state index is 5.87. The zero-order valence-corrected chi connectivity index (χ0v) is 13.6. The third kappa shape index (κ3) is 4.45. The van der Waals surface area contributed by atoms with Gasteiger partial charge in [-0.1, -0.05) is 26.0 Å². The molecule has 1 aliphatic heterocycles. The first-order valence-electron chi connectivity index (χ1n) is 8.26. The first-order chi connectivity index (χ1) is 10.3. The quantitative estimate of drug-likeness (QED) is 0.796. The van der Waals surface area contributed by atoms with E-state index < -0.39 is 0 Å². The normalized spacial score (nSPS) is 23.2. The number of rotatable bonds is 8. The molecular weight excluding hydrogens is 262 g/mol. The minimum absolute atomic E-state index is 0.435. The minimum Gasteiger partial charge on any atom is -0.497 e. The average Bonchev–Trinajstić information content (AvgIpc) is 3.00. The van der Waals surface area contributed by atoms with Crippen LogP contribution >= 0.6 is 0 Å². The van der Waals surface area contributed by atoms with Crippen LogP contribution in [0.3, 0.4) is 0 Å². The third-order valence-corrected chi connectivity index (χ3v) is 4.55. The lowest BCUT2D eigenvalue weighted by molar-refractivity contribution is 0.0767. The van der Waals surface area contributed by atoms with Crippen molar-refractivity contribution in [3.05, 3.63) is 29.8 Å². The van der Waals surface area contributed by atoms with Gasteiger partial charge in [-0.05, 0) is 49.9 Å². The first-order valence-corrected chi connectivity index (χ1v) is 8.26. The van der Waals surface area contributed by atoms with Gasteiger partial charge in [-0.3, -0.25) is 0 Å². The van der Waals surface area contributed by atoms with Gasteiger partial charge >= 0.3 is 0 Å². The number of aryl methyl sites for hydroxylation is 1. The van der Waals surface area contributed by atoms with E-state index in [-0.39, 0.29) is 0 Å². The van der Waals surface area contributed by atoms with Crippen molar-refractivity contribution in [3.8, 4) is 5.75 Å². The van der Waals surface area contributed by atoms with Crippen molar-refractivity contribution in [2.24, 2.45) is 5.92 Å². The highest BCUT2D eigenvalue weighted by molar-refractivity contribution is 5.27. The molecule has 3 heteroatoms. The Labute approximate surface area is 129 Å². The van der Waals surface area contributed by atoms with Crippen molar-refractivity contribution in [1.29, 1.82) is 0 Å². The molecule has 3 unspecified atom stereocenters. The van der Waals surface area contributed by atoms with Crippen LogP contribution in [0.2, 0.25) is 0 Å². The Hall–Kier alpha value is -1.06. The zero-order valence-electron chi connectivity index (χ0n) is 13.6. The van der Waals surface area contributed by atoms with E-state index >= 15 is 0 Å². The summed E-state index contributed by atoms with van der Waals surface area (Å²) in [5, 5.41) is 3.68. The van der Waals surface area contributed by atoms with E-state index in [2.05, 4.69) is 31.3 Å². The Balaban J connectivity index is 1.92. The molecule has 0 bridgehead atoms. The van der Waals surface area contributed by atoms with Crippen molar-refractivity contribution in [2.45, 2.75) is 51.7 Å². The average molecular weight is 291 g/mol. The second kappa shape index (κ2) is 8.40. The fourth-order valence-electron chi connectivity index (χ4n) is 3.39. The summed E-state index contributed by atoms with van der Waals surface area (Å²) in [5.74, 6) is 1.59. The van der Waals surface area contributed by atoms with Gasteiger partial charge in [0.15, 0.2) is 0 Å². The largest absolute Gasteiger partial charge is 0.497 e. The topological polar surface area (TPSA) is 30.5 Å². The Morgan fingerprint density at radius 1 is 1.29 bits per heavy atom. The van der Waals surface area contributed by atoms with Crippen LogP contribution in [0.25, 0.3) is 0 Å². The lowest BCUT2D eigenvalue weighted by Gasteiger charge is -2.28. The fraction of sp³-hybridized carbons (Fsp3) is 0.667. The molecule has 3 atom stereocenters. The highest BCUT2D eigenvalue weighted by Crippen LogP contribution is 2.28. The third-order valence-electron chi connectivity index (χ3n) is 4.55. The molecule has 1 aromatic rings. The summed E-state index contributed by atoms with van der Waals surface area (Å²) in [5.41, 5.74) is 1.38. The minimum atomic E-state index is 0.435. The smallest absolute Gasteiger partial charge is 0.118 e. The van der Waals surface area contributed by atoms with Gasteiger partial charge < -0.3 is 14.8 Å². The molecule has 118 valence electrons. The summed E-state index contributed by atoms with van der Waals surface area (Å²) < 4.78 is 11.1. The molecular formula is C18H29NO2. The number of nitrogens with one attached hydrogen (secondary N) is 1. The molecule has 1 saturated heterocycles. The van der Waals surface area contributed by atoms with Crippen LogP contribution < -0.4 is 10.1 Å². The Morgan fingerprint density at radius 2 is 2.05 bits per heavy atom. The second-order valence-electron chi connectivity index (χ2n) is 5.82. The van der Waals surface area contributed by atoms with Gasteiger partial charge in [-0.25, -0.2) is 0 Å². The molecule has 1 N–H and O–H groups in total. The highest BCUT2D eigenvalue weighted by atomic mass is 16.5. The SMILES string of the molecule is CCNC(CCc1ccc(OC)cc1)C1CCOC1CC. The van der Waals surface area contributed by atoms with Gasteiger partial charge in [0, 0.05) is 18.6 Å². The summed E-state index contributed by atoms with van der Waals surface area (Å²) >= 11 is 0. The van der Waals surface area contributed by atoms with Crippen LogP contribution in [0.15, 0.2) is 24.3 Å². The summed E-state index contributed by atoms with van der Waals surface area (Å²) in [7, 11) is 1.71. The number of hydrogen-bond donors (Lipinski definition) is 1. The van der Waals surface area contributed by atoms with Crippen molar-refractivity contribution < 1.29 is 9.47 Å². The molecule has 0 spiro atoms. The molecule has 0 radical (unpaired) electrons. The van der Waals surface area contributed by atoms with Gasteiger partial charge in [-0.15, -0.1) is 0 Å². The van der Waals surface area contributed by atoms with Crippen LogP contribution in [0.1, 0.15) is 38.7 Å². The Bertz CT molecular complexity index is 404. The van der Waals surface area contributed by atoms with E-state index in [1.165, 1.54) is 18.4 Å². The van der Waals surface area contributed by atoms with Crippen molar-refractivity contribution in [1.82, 2.24) is 5.32 Å². The van der Waals surface area contributed by atoms with Crippen LogP contribution in [0.4, 0.5) is 0 Å². The highest BCUT2D eigenvalue weighted by Gasteiger charge is 2.32. The van der Waals surface area contributed by atoms with Gasteiger partial charge in [0.1, 0.15) is 5.75 Å². The summed E-state index contributed by atoms with van der Waals surface area (Å²) in [6, 6.07) is 9.00.